The van der Waals surface area contributed by atoms with Gasteiger partial charge in [0.25, 0.3) is 0 Å². The Bertz CT molecular complexity index is 508. The first-order valence-electron chi connectivity index (χ1n) is 5.84. The number of aromatic hydroxyl groups is 1. The largest absolute Gasteiger partial charge is 0.506 e. The van der Waals surface area contributed by atoms with E-state index in [4.69, 9.17) is 0 Å². The van der Waals surface area contributed by atoms with Crippen LogP contribution in [0, 0.1) is 5.41 Å². The van der Waals surface area contributed by atoms with E-state index >= 15 is 0 Å². The van der Waals surface area contributed by atoms with Crippen LogP contribution in [-0.2, 0) is 4.79 Å². The maximum absolute atomic E-state index is 11.9. The van der Waals surface area contributed by atoms with E-state index in [0.29, 0.717) is 12.1 Å². The second-order valence-electron chi connectivity index (χ2n) is 5.24. The van der Waals surface area contributed by atoms with Gasteiger partial charge in [-0.25, -0.2) is 0 Å². The molecule has 0 saturated heterocycles. The Morgan fingerprint density at radius 3 is 2.72 bits per heavy atom. The number of allylic oxidation sites excluding steroid dienone is 2. The molecule has 0 spiro atoms. The van der Waals surface area contributed by atoms with Crippen molar-refractivity contribution in [1.29, 1.82) is 0 Å². The molecule has 1 aliphatic rings. The molecule has 0 heterocycles. The number of alkyl halides is 1. The van der Waals surface area contributed by atoms with Crippen molar-refractivity contribution in [3.63, 3.8) is 0 Å². The number of phenols is 1. The van der Waals surface area contributed by atoms with E-state index in [9.17, 15) is 9.90 Å². The maximum atomic E-state index is 11.9. The molecule has 2 N–H and O–H groups in total. The third-order valence-corrected chi connectivity index (χ3v) is 3.92. The Morgan fingerprint density at radius 1 is 1.39 bits per heavy atom. The lowest BCUT2D eigenvalue weighted by Crippen LogP contribution is -2.32. The molecule has 18 heavy (non-hydrogen) atoms. The fourth-order valence-corrected chi connectivity index (χ4v) is 2.50. The van der Waals surface area contributed by atoms with Crippen LogP contribution >= 0.6 is 15.9 Å². The van der Waals surface area contributed by atoms with Crippen molar-refractivity contribution in [2.24, 2.45) is 5.41 Å². The number of hydrogen-bond donors (Lipinski definition) is 2. The van der Waals surface area contributed by atoms with E-state index in [1.54, 1.807) is 18.2 Å². The molecule has 2 rings (SSSR count). The van der Waals surface area contributed by atoms with Crippen LogP contribution in [0.1, 0.15) is 20.3 Å². The van der Waals surface area contributed by atoms with Gasteiger partial charge in [0.2, 0.25) is 0 Å². The Kier molecular flexibility index (Phi) is 3.48. The van der Waals surface area contributed by atoms with Gasteiger partial charge >= 0.3 is 0 Å². The Hall–Kier alpha value is -1.29. The first-order valence-corrected chi connectivity index (χ1v) is 6.75. The molecule has 0 saturated carbocycles. The number of ketones is 1. The second kappa shape index (κ2) is 4.76. The molecule has 1 aliphatic carbocycles. The highest BCUT2D eigenvalue weighted by molar-refractivity contribution is 9.10. The van der Waals surface area contributed by atoms with Crippen molar-refractivity contribution in [1.82, 2.24) is 0 Å². The van der Waals surface area contributed by atoms with E-state index in [-0.39, 0.29) is 21.8 Å². The summed E-state index contributed by atoms with van der Waals surface area (Å²) in [5.74, 6) is 0.328. The van der Waals surface area contributed by atoms with Crippen LogP contribution in [0.2, 0.25) is 0 Å². The molecule has 0 radical (unpaired) electrons. The van der Waals surface area contributed by atoms with Gasteiger partial charge in [-0.2, -0.15) is 0 Å². The van der Waals surface area contributed by atoms with Gasteiger partial charge in [-0.05, 0) is 17.5 Å². The third kappa shape index (κ3) is 2.75. The normalized spacial score (nSPS) is 22.5. The smallest absolute Gasteiger partial charge is 0.153 e. The number of phenolic OH excluding ortho intramolecular Hbond substituents is 1. The standard InChI is InChI=1S/C14H16BrNO2/c1-14(2)7-10(13(15)12(18)8-14)16-9-5-3-4-6-11(9)17/h3-7,13,16-17H,8H2,1-2H3. The predicted octanol–water partition coefficient (Wildman–Crippen LogP) is 3.45. The Labute approximate surface area is 115 Å². The van der Waals surface area contributed by atoms with Gasteiger partial charge in [0.1, 0.15) is 10.6 Å². The third-order valence-electron chi connectivity index (χ3n) is 2.91. The van der Waals surface area contributed by atoms with E-state index in [1.165, 1.54) is 0 Å². The minimum Gasteiger partial charge on any atom is -0.506 e. The number of Topliss-reactive ketones (excluding diaryl/α,β-unsaturated/α-hetero) is 1. The van der Waals surface area contributed by atoms with Crippen molar-refractivity contribution < 1.29 is 9.90 Å². The molecular weight excluding hydrogens is 294 g/mol. The summed E-state index contributed by atoms with van der Waals surface area (Å²) < 4.78 is 0. The number of benzene rings is 1. The summed E-state index contributed by atoms with van der Waals surface area (Å²) in [7, 11) is 0. The van der Waals surface area contributed by atoms with Gasteiger partial charge in [-0.15, -0.1) is 0 Å². The fraction of sp³-hybridized carbons (Fsp3) is 0.357. The van der Waals surface area contributed by atoms with Gasteiger partial charge in [0, 0.05) is 12.1 Å². The van der Waals surface area contributed by atoms with Crippen LogP contribution in [0.4, 0.5) is 5.69 Å². The van der Waals surface area contributed by atoms with Crippen LogP contribution < -0.4 is 5.32 Å². The van der Waals surface area contributed by atoms with Crippen LogP contribution in [0.25, 0.3) is 0 Å². The lowest BCUT2D eigenvalue weighted by molar-refractivity contribution is -0.119. The first kappa shape index (κ1) is 13.1. The van der Waals surface area contributed by atoms with Gasteiger partial charge < -0.3 is 10.4 Å². The van der Waals surface area contributed by atoms with Crippen LogP contribution in [0.5, 0.6) is 5.75 Å². The van der Waals surface area contributed by atoms with Crippen LogP contribution in [-0.4, -0.2) is 15.7 Å². The quantitative estimate of drug-likeness (QED) is 0.650. The van der Waals surface area contributed by atoms with Crippen molar-refractivity contribution in [3.8, 4) is 5.75 Å². The number of para-hydroxylation sites is 2. The lowest BCUT2D eigenvalue weighted by Gasteiger charge is -2.30. The molecule has 0 aromatic heterocycles. The average Bonchev–Trinajstić information content (AvgIpc) is 2.27. The van der Waals surface area contributed by atoms with Crippen molar-refractivity contribution in [2.75, 3.05) is 5.32 Å². The molecule has 0 fully saturated rings. The van der Waals surface area contributed by atoms with E-state index in [1.807, 2.05) is 26.0 Å². The van der Waals surface area contributed by atoms with Crippen molar-refractivity contribution in [2.45, 2.75) is 25.1 Å². The summed E-state index contributed by atoms with van der Waals surface area (Å²) >= 11 is 3.39. The Balaban J connectivity index is 2.30. The van der Waals surface area contributed by atoms with Gasteiger partial charge in [0.15, 0.2) is 5.78 Å². The summed E-state index contributed by atoms with van der Waals surface area (Å²) in [4.78, 5) is 11.6. The number of nitrogens with one attached hydrogen (secondary N) is 1. The predicted molar refractivity (Wildman–Crippen MR) is 75.9 cm³/mol. The number of halogens is 1. The number of anilines is 1. The van der Waals surface area contributed by atoms with Crippen molar-refractivity contribution >= 4 is 27.4 Å². The zero-order chi connectivity index (χ0) is 13.3. The SMILES string of the molecule is CC1(C)C=C(Nc2ccccc2O)C(Br)C(=O)C1. The summed E-state index contributed by atoms with van der Waals surface area (Å²) in [6.45, 7) is 4.05. The molecule has 1 aromatic rings. The molecule has 4 heteroatoms. The average molecular weight is 310 g/mol. The minimum atomic E-state index is -0.329. The summed E-state index contributed by atoms with van der Waals surface area (Å²) in [6.07, 6.45) is 2.56. The number of rotatable bonds is 2. The molecule has 3 nitrogen and oxygen atoms in total. The van der Waals surface area contributed by atoms with E-state index < -0.39 is 0 Å². The fourth-order valence-electron chi connectivity index (χ4n) is 2.09. The highest BCUT2D eigenvalue weighted by atomic mass is 79.9. The minimum absolute atomic E-state index is 0.153. The number of hydrogen-bond acceptors (Lipinski definition) is 3. The zero-order valence-electron chi connectivity index (χ0n) is 10.4. The summed E-state index contributed by atoms with van der Waals surface area (Å²) in [5, 5.41) is 12.9. The lowest BCUT2D eigenvalue weighted by atomic mass is 9.81. The summed E-state index contributed by atoms with van der Waals surface area (Å²) in [5.41, 5.74) is 1.24. The van der Waals surface area contributed by atoms with Gasteiger partial charge in [-0.1, -0.05) is 48.0 Å². The molecule has 96 valence electrons. The molecular formula is C14H16BrNO2. The molecule has 1 aromatic carbocycles. The van der Waals surface area contributed by atoms with Crippen LogP contribution in [0.15, 0.2) is 36.0 Å². The first-order chi connectivity index (χ1) is 8.39. The topological polar surface area (TPSA) is 49.3 Å². The highest BCUT2D eigenvalue weighted by Crippen LogP contribution is 2.35. The maximum Gasteiger partial charge on any atom is 0.153 e. The number of carbonyl (C=O) groups is 1. The summed E-state index contributed by atoms with van der Waals surface area (Å²) in [6, 6.07) is 6.99. The van der Waals surface area contributed by atoms with E-state index in [2.05, 4.69) is 21.2 Å². The highest BCUT2D eigenvalue weighted by Gasteiger charge is 2.33. The molecule has 1 atom stereocenters. The monoisotopic (exact) mass is 309 g/mol. The van der Waals surface area contributed by atoms with E-state index in [0.717, 1.165) is 5.70 Å². The number of carbonyl (C=O) groups excluding carboxylic acids is 1. The Morgan fingerprint density at radius 2 is 2.06 bits per heavy atom. The van der Waals surface area contributed by atoms with Gasteiger partial charge in [-0.3, -0.25) is 4.79 Å². The molecule has 1 unspecified atom stereocenters. The molecule has 0 bridgehead atoms. The van der Waals surface area contributed by atoms with Crippen LogP contribution in [0.3, 0.4) is 0 Å². The molecule has 0 amide bonds. The molecule has 0 aliphatic heterocycles. The van der Waals surface area contributed by atoms with Gasteiger partial charge in [0.05, 0.1) is 5.69 Å². The van der Waals surface area contributed by atoms with Crippen molar-refractivity contribution in [3.05, 3.63) is 36.0 Å². The second-order valence-corrected chi connectivity index (χ2v) is 6.15. The zero-order valence-corrected chi connectivity index (χ0v) is 12.0.